The predicted molar refractivity (Wildman–Crippen MR) is 80.4 cm³/mol. The maximum Gasteiger partial charge on any atom is 0.139 e. The summed E-state index contributed by atoms with van der Waals surface area (Å²) < 4.78 is 5.39. The summed E-state index contributed by atoms with van der Waals surface area (Å²) in [5.41, 5.74) is 1.18. The second-order valence-corrected chi connectivity index (χ2v) is 5.97. The number of fused-ring (bicyclic) bond motifs is 1. The van der Waals surface area contributed by atoms with Crippen molar-refractivity contribution in [2.45, 2.75) is 46.5 Å². The summed E-state index contributed by atoms with van der Waals surface area (Å²) in [5, 5.41) is 4.53. The summed E-state index contributed by atoms with van der Waals surface area (Å²) >= 11 is 0. The molecule has 0 aliphatic heterocycles. The van der Waals surface area contributed by atoms with E-state index in [0.29, 0.717) is 5.41 Å². The molecule has 0 spiro atoms. The number of unbranched alkanes of at least 4 members (excludes halogenated alkanes) is 2. The SMILES string of the molecule is CCCCCC(C)(C)CNc1nccc2occc12. The van der Waals surface area contributed by atoms with Gasteiger partial charge < -0.3 is 9.73 Å². The van der Waals surface area contributed by atoms with Gasteiger partial charge in [0.2, 0.25) is 0 Å². The zero-order chi connectivity index (χ0) is 13.7. The molecule has 0 amide bonds. The van der Waals surface area contributed by atoms with Gasteiger partial charge in [-0.3, -0.25) is 0 Å². The van der Waals surface area contributed by atoms with Crippen LogP contribution in [0, 0.1) is 5.41 Å². The third-order valence-electron chi connectivity index (χ3n) is 3.57. The van der Waals surface area contributed by atoms with Crippen molar-refractivity contribution in [3.05, 3.63) is 24.6 Å². The standard InChI is InChI=1S/C16H24N2O/c1-4-5-6-9-16(2,3)12-18-15-13-8-11-19-14(13)7-10-17-15/h7-8,10-11H,4-6,9,12H2,1-3H3,(H,17,18). The average Bonchev–Trinajstić information content (AvgIpc) is 2.85. The summed E-state index contributed by atoms with van der Waals surface area (Å²) in [6, 6.07) is 3.86. The molecule has 2 aromatic rings. The van der Waals surface area contributed by atoms with Gasteiger partial charge in [0, 0.05) is 12.7 Å². The van der Waals surface area contributed by atoms with Gasteiger partial charge in [-0.05, 0) is 24.0 Å². The van der Waals surface area contributed by atoms with E-state index in [1.165, 1.54) is 25.7 Å². The Morgan fingerprint density at radius 3 is 2.89 bits per heavy atom. The van der Waals surface area contributed by atoms with E-state index >= 15 is 0 Å². The molecule has 2 rings (SSSR count). The van der Waals surface area contributed by atoms with E-state index in [9.17, 15) is 0 Å². The topological polar surface area (TPSA) is 38.1 Å². The molecular weight excluding hydrogens is 236 g/mol. The molecule has 104 valence electrons. The molecule has 3 nitrogen and oxygen atoms in total. The minimum atomic E-state index is 0.294. The van der Waals surface area contributed by atoms with Crippen LogP contribution in [0.4, 0.5) is 5.82 Å². The Bertz CT molecular complexity index is 516. The first kappa shape index (κ1) is 13.9. The number of nitrogens with one attached hydrogen (secondary N) is 1. The van der Waals surface area contributed by atoms with Gasteiger partial charge in [-0.15, -0.1) is 0 Å². The van der Waals surface area contributed by atoms with Gasteiger partial charge in [-0.25, -0.2) is 4.98 Å². The predicted octanol–water partition coefficient (Wildman–Crippen LogP) is 4.85. The number of furan rings is 1. The van der Waals surface area contributed by atoms with Crippen LogP contribution in [0.15, 0.2) is 29.0 Å². The van der Waals surface area contributed by atoms with E-state index < -0.39 is 0 Å². The average molecular weight is 260 g/mol. The second-order valence-electron chi connectivity index (χ2n) is 5.97. The lowest BCUT2D eigenvalue weighted by atomic mass is 9.87. The van der Waals surface area contributed by atoms with E-state index in [4.69, 9.17) is 4.42 Å². The number of anilines is 1. The number of rotatable bonds is 7. The molecule has 0 bridgehead atoms. The Morgan fingerprint density at radius 2 is 2.11 bits per heavy atom. The largest absolute Gasteiger partial charge is 0.464 e. The quantitative estimate of drug-likeness (QED) is 0.723. The van der Waals surface area contributed by atoms with Crippen molar-refractivity contribution in [1.82, 2.24) is 4.98 Å². The van der Waals surface area contributed by atoms with E-state index in [1.54, 1.807) is 12.5 Å². The van der Waals surface area contributed by atoms with Crippen LogP contribution in [0.2, 0.25) is 0 Å². The van der Waals surface area contributed by atoms with Gasteiger partial charge in [-0.2, -0.15) is 0 Å². The fourth-order valence-corrected chi connectivity index (χ4v) is 2.30. The highest BCUT2D eigenvalue weighted by Crippen LogP contribution is 2.26. The summed E-state index contributed by atoms with van der Waals surface area (Å²) in [6.07, 6.45) is 8.64. The molecule has 0 saturated carbocycles. The fraction of sp³-hybridized carbons (Fsp3) is 0.562. The van der Waals surface area contributed by atoms with Crippen molar-refractivity contribution in [3.8, 4) is 0 Å². The molecule has 0 atom stereocenters. The van der Waals surface area contributed by atoms with E-state index in [-0.39, 0.29) is 0 Å². The summed E-state index contributed by atoms with van der Waals surface area (Å²) in [4.78, 5) is 4.41. The van der Waals surface area contributed by atoms with Crippen molar-refractivity contribution >= 4 is 16.8 Å². The first-order chi connectivity index (χ1) is 9.12. The normalized spacial score (nSPS) is 11.9. The zero-order valence-corrected chi connectivity index (χ0v) is 12.2. The maximum atomic E-state index is 5.39. The second kappa shape index (κ2) is 6.09. The summed E-state index contributed by atoms with van der Waals surface area (Å²) in [7, 11) is 0. The maximum absolute atomic E-state index is 5.39. The molecule has 0 fully saturated rings. The Hall–Kier alpha value is -1.51. The van der Waals surface area contributed by atoms with Crippen LogP contribution in [-0.2, 0) is 0 Å². The van der Waals surface area contributed by atoms with Crippen molar-refractivity contribution in [3.63, 3.8) is 0 Å². The van der Waals surface area contributed by atoms with Gasteiger partial charge in [-0.1, -0.05) is 40.0 Å². The molecule has 1 N–H and O–H groups in total. The van der Waals surface area contributed by atoms with Gasteiger partial charge in [0.15, 0.2) is 0 Å². The zero-order valence-electron chi connectivity index (χ0n) is 12.2. The van der Waals surface area contributed by atoms with E-state index in [1.807, 2.05) is 12.1 Å². The number of aromatic nitrogens is 1. The summed E-state index contributed by atoms with van der Waals surface area (Å²) in [5.74, 6) is 0.926. The number of hydrogen-bond donors (Lipinski definition) is 1. The number of hydrogen-bond acceptors (Lipinski definition) is 3. The lowest BCUT2D eigenvalue weighted by molar-refractivity contribution is 0.342. The monoisotopic (exact) mass is 260 g/mol. The van der Waals surface area contributed by atoms with E-state index in [2.05, 4.69) is 31.1 Å². The van der Waals surface area contributed by atoms with Gasteiger partial charge >= 0.3 is 0 Å². The van der Waals surface area contributed by atoms with Gasteiger partial charge in [0.1, 0.15) is 11.4 Å². The van der Waals surface area contributed by atoms with Gasteiger partial charge in [0.05, 0.1) is 11.6 Å². The molecule has 0 aliphatic rings. The highest BCUT2D eigenvalue weighted by Gasteiger charge is 2.17. The lowest BCUT2D eigenvalue weighted by Crippen LogP contribution is -2.23. The molecule has 0 radical (unpaired) electrons. The molecule has 2 heterocycles. The lowest BCUT2D eigenvalue weighted by Gasteiger charge is -2.25. The molecule has 0 aromatic carbocycles. The van der Waals surface area contributed by atoms with Crippen LogP contribution in [0.5, 0.6) is 0 Å². The first-order valence-electron chi connectivity index (χ1n) is 7.18. The smallest absolute Gasteiger partial charge is 0.139 e. The molecule has 0 saturated heterocycles. The van der Waals surface area contributed by atoms with Crippen LogP contribution in [0.25, 0.3) is 11.0 Å². The third-order valence-corrected chi connectivity index (χ3v) is 3.57. The van der Waals surface area contributed by atoms with Crippen LogP contribution in [-0.4, -0.2) is 11.5 Å². The Kier molecular flexibility index (Phi) is 4.46. The minimum absolute atomic E-state index is 0.294. The molecule has 3 heteroatoms. The Balaban J connectivity index is 1.96. The molecular formula is C16H24N2O. The van der Waals surface area contributed by atoms with Crippen LogP contribution >= 0.6 is 0 Å². The van der Waals surface area contributed by atoms with Crippen LogP contribution < -0.4 is 5.32 Å². The molecule has 0 unspecified atom stereocenters. The highest BCUT2D eigenvalue weighted by atomic mass is 16.3. The van der Waals surface area contributed by atoms with Crippen LogP contribution in [0.3, 0.4) is 0 Å². The number of pyridine rings is 1. The van der Waals surface area contributed by atoms with E-state index in [0.717, 1.165) is 23.3 Å². The molecule has 2 aromatic heterocycles. The fourth-order valence-electron chi connectivity index (χ4n) is 2.30. The van der Waals surface area contributed by atoms with Crippen LogP contribution in [0.1, 0.15) is 46.5 Å². The molecule has 19 heavy (non-hydrogen) atoms. The van der Waals surface area contributed by atoms with Gasteiger partial charge in [0.25, 0.3) is 0 Å². The Morgan fingerprint density at radius 1 is 1.26 bits per heavy atom. The first-order valence-corrected chi connectivity index (χ1v) is 7.18. The van der Waals surface area contributed by atoms with Crippen molar-refractivity contribution in [2.75, 3.05) is 11.9 Å². The van der Waals surface area contributed by atoms with Crippen molar-refractivity contribution < 1.29 is 4.42 Å². The number of nitrogens with zero attached hydrogens (tertiary/aromatic N) is 1. The highest BCUT2D eigenvalue weighted by molar-refractivity contribution is 5.87. The molecule has 0 aliphatic carbocycles. The van der Waals surface area contributed by atoms with Crippen molar-refractivity contribution in [2.24, 2.45) is 5.41 Å². The van der Waals surface area contributed by atoms with Crippen molar-refractivity contribution in [1.29, 1.82) is 0 Å². The Labute approximate surface area is 115 Å². The summed E-state index contributed by atoms with van der Waals surface area (Å²) in [6.45, 7) is 7.80. The third kappa shape index (κ3) is 3.72. The minimum Gasteiger partial charge on any atom is -0.464 e.